The number of carbonyl (C=O) groups excluding carboxylic acids is 2. The molecule has 0 unspecified atom stereocenters. The molecule has 10 nitrogen and oxygen atoms in total. The number of ether oxygens (including phenoxy) is 2. The van der Waals surface area contributed by atoms with Gasteiger partial charge in [0.1, 0.15) is 11.2 Å². The third-order valence-corrected chi connectivity index (χ3v) is 3.08. The number of nitro groups is 1. The van der Waals surface area contributed by atoms with E-state index in [1.165, 1.54) is 0 Å². The highest BCUT2D eigenvalue weighted by molar-refractivity contribution is 5.89. The second kappa shape index (κ2) is 8.24. The standard InChI is InChI=1S/C18H24N2O8/c1-17(2,3)27-15(23)19(16(24)28-18(4,5)6)10-12-9-11(14(21)22)7-8-13(12)20(25)26/h7-9H,10H2,1-6H3,(H,21,22). The monoisotopic (exact) mass is 396 g/mol. The van der Waals surface area contributed by atoms with Gasteiger partial charge in [-0.05, 0) is 53.7 Å². The van der Waals surface area contributed by atoms with Crippen molar-refractivity contribution in [1.29, 1.82) is 0 Å². The fourth-order valence-electron chi connectivity index (χ4n) is 2.03. The number of rotatable bonds is 4. The van der Waals surface area contributed by atoms with E-state index in [4.69, 9.17) is 14.6 Å². The van der Waals surface area contributed by atoms with Crippen LogP contribution in [0.1, 0.15) is 57.5 Å². The minimum Gasteiger partial charge on any atom is -0.478 e. The number of benzene rings is 1. The van der Waals surface area contributed by atoms with Crippen molar-refractivity contribution in [3.63, 3.8) is 0 Å². The van der Waals surface area contributed by atoms with E-state index in [1.54, 1.807) is 41.5 Å². The van der Waals surface area contributed by atoms with Crippen LogP contribution in [-0.4, -0.2) is 44.3 Å². The average Bonchev–Trinajstić information content (AvgIpc) is 2.48. The Labute approximate surface area is 162 Å². The number of carboxylic acids is 1. The Morgan fingerprint density at radius 3 is 1.86 bits per heavy atom. The molecule has 0 aromatic heterocycles. The van der Waals surface area contributed by atoms with Crippen LogP contribution in [0.15, 0.2) is 18.2 Å². The van der Waals surface area contributed by atoms with Gasteiger partial charge in [0.05, 0.1) is 22.6 Å². The Hall–Kier alpha value is -3.17. The van der Waals surface area contributed by atoms with E-state index >= 15 is 0 Å². The summed E-state index contributed by atoms with van der Waals surface area (Å²) >= 11 is 0. The second-order valence-corrected chi connectivity index (χ2v) is 7.95. The zero-order chi connectivity index (χ0) is 21.9. The van der Waals surface area contributed by atoms with Crippen LogP contribution in [0.5, 0.6) is 0 Å². The Kier molecular flexibility index (Phi) is 6.73. The van der Waals surface area contributed by atoms with Gasteiger partial charge < -0.3 is 14.6 Å². The topological polar surface area (TPSA) is 136 Å². The summed E-state index contributed by atoms with van der Waals surface area (Å²) in [4.78, 5) is 47.3. The Bertz CT molecular complexity index is 762. The molecule has 0 fully saturated rings. The summed E-state index contributed by atoms with van der Waals surface area (Å²) in [6, 6.07) is 3.10. The number of nitro benzene ring substituents is 1. The molecule has 0 saturated heterocycles. The number of imide groups is 1. The Morgan fingerprint density at radius 2 is 1.50 bits per heavy atom. The zero-order valence-corrected chi connectivity index (χ0v) is 16.6. The van der Waals surface area contributed by atoms with Crippen molar-refractivity contribution in [1.82, 2.24) is 4.90 Å². The average molecular weight is 396 g/mol. The zero-order valence-electron chi connectivity index (χ0n) is 16.6. The van der Waals surface area contributed by atoms with E-state index in [0.717, 1.165) is 18.2 Å². The van der Waals surface area contributed by atoms with Crippen LogP contribution in [0.25, 0.3) is 0 Å². The van der Waals surface area contributed by atoms with E-state index < -0.39 is 46.5 Å². The maximum absolute atomic E-state index is 12.5. The van der Waals surface area contributed by atoms with E-state index in [2.05, 4.69) is 0 Å². The van der Waals surface area contributed by atoms with Gasteiger partial charge in [-0.25, -0.2) is 19.3 Å². The van der Waals surface area contributed by atoms with Gasteiger partial charge in [-0.15, -0.1) is 0 Å². The molecule has 0 radical (unpaired) electrons. The molecule has 0 spiro atoms. The lowest BCUT2D eigenvalue weighted by Crippen LogP contribution is -2.43. The van der Waals surface area contributed by atoms with E-state index in [1.807, 2.05) is 0 Å². The lowest BCUT2D eigenvalue weighted by molar-refractivity contribution is -0.385. The van der Waals surface area contributed by atoms with Crippen LogP contribution in [0.2, 0.25) is 0 Å². The Balaban J connectivity index is 3.37. The molecule has 0 saturated carbocycles. The van der Waals surface area contributed by atoms with Crippen LogP contribution in [-0.2, 0) is 16.0 Å². The van der Waals surface area contributed by atoms with Crippen LogP contribution in [0.3, 0.4) is 0 Å². The van der Waals surface area contributed by atoms with E-state index in [-0.39, 0.29) is 11.1 Å². The summed E-state index contributed by atoms with van der Waals surface area (Å²) in [5.41, 5.74) is -2.70. The molecule has 0 atom stereocenters. The number of amides is 2. The molecule has 1 aromatic rings. The molecule has 2 amide bonds. The van der Waals surface area contributed by atoms with Gasteiger partial charge in [0.15, 0.2) is 0 Å². The molecule has 0 aliphatic rings. The minimum atomic E-state index is -1.31. The fourth-order valence-corrected chi connectivity index (χ4v) is 2.03. The SMILES string of the molecule is CC(C)(C)OC(=O)N(Cc1cc(C(=O)O)ccc1[N+](=O)[O-])C(=O)OC(C)(C)C. The molecule has 154 valence electrons. The minimum absolute atomic E-state index is 0.151. The van der Waals surface area contributed by atoms with Crippen molar-refractivity contribution < 1.29 is 33.9 Å². The molecule has 0 aliphatic heterocycles. The molecular weight excluding hydrogens is 372 g/mol. The van der Waals surface area contributed by atoms with Gasteiger partial charge in [-0.3, -0.25) is 10.1 Å². The van der Waals surface area contributed by atoms with E-state index in [0.29, 0.717) is 4.90 Å². The smallest absolute Gasteiger partial charge is 0.420 e. The number of carboxylic acid groups (broad SMARTS) is 1. The fraction of sp³-hybridized carbons (Fsp3) is 0.500. The number of hydrogen-bond donors (Lipinski definition) is 1. The maximum Gasteiger partial charge on any atom is 0.420 e. The summed E-state index contributed by atoms with van der Waals surface area (Å²) in [5.74, 6) is -1.31. The number of hydrogen-bond acceptors (Lipinski definition) is 7. The first-order valence-corrected chi connectivity index (χ1v) is 8.35. The molecule has 10 heteroatoms. The lowest BCUT2D eigenvalue weighted by atomic mass is 10.1. The van der Waals surface area contributed by atoms with Crippen molar-refractivity contribution >= 4 is 23.8 Å². The van der Waals surface area contributed by atoms with Gasteiger partial charge in [0, 0.05) is 6.07 Å². The first-order valence-electron chi connectivity index (χ1n) is 8.35. The third kappa shape index (κ3) is 6.86. The summed E-state index contributed by atoms with van der Waals surface area (Å²) in [5, 5.41) is 20.4. The van der Waals surface area contributed by atoms with Gasteiger partial charge in [-0.1, -0.05) is 0 Å². The third-order valence-electron chi connectivity index (χ3n) is 3.08. The highest BCUT2D eigenvalue weighted by atomic mass is 16.6. The normalized spacial score (nSPS) is 11.5. The predicted molar refractivity (Wildman–Crippen MR) is 98.1 cm³/mol. The van der Waals surface area contributed by atoms with Gasteiger partial charge in [0.25, 0.3) is 5.69 Å². The van der Waals surface area contributed by atoms with Crippen molar-refractivity contribution in [2.45, 2.75) is 59.3 Å². The molecule has 1 rings (SSSR count). The van der Waals surface area contributed by atoms with Gasteiger partial charge in [0.2, 0.25) is 0 Å². The van der Waals surface area contributed by atoms with Crippen molar-refractivity contribution in [3.8, 4) is 0 Å². The number of carbonyl (C=O) groups is 3. The van der Waals surface area contributed by atoms with Crippen molar-refractivity contribution in [2.24, 2.45) is 0 Å². The van der Waals surface area contributed by atoms with Crippen LogP contribution in [0.4, 0.5) is 15.3 Å². The molecule has 0 heterocycles. The molecule has 0 aliphatic carbocycles. The van der Waals surface area contributed by atoms with Gasteiger partial charge >= 0.3 is 18.2 Å². The first kappa shape index (κ1) is 22.9. The second-order valence-electron chi connectivity index (χ2n) is 7.95. The van der Waals surface area contributed by atoms with Crippen LogP contribution >= 0.6 is 0 Å². The Morgan fingerprint density at radius 1 is 1.04 bits per heavy atom. The van der Waals surface area contributed by atoms with Crippen molar-refractivity contribution in [2.75, 3.05) is 0 Å². The van der Waals surface area contributed by atoms with E-state index in [9.17, 15) is 24.5 Å². The molecule has 1 N–H and O–H groups in total. The summed E-state index contributed by atoms with van der Waals surface area (Å²) < 4.78 is 10.4. The van der Waals surface area contributed by atoms with Crippen LogP contribution < -0.4 is 0 Å². The quantitative estimate of drug-likeness (QED) is 0.596. The molecule has 0 bridgehead atoms. The largest absolute Gasteiger partial charge is 0.478 e. The molecule has 1 aromatic carbocycles. The predicted octanol–water partition coefficient (Wildman–Crippen LogP) is 3.97. The summed E-state index contributed by atoms with van der Waals surface area (Å²) in [6.45, 7) is 8.94. The highest BCUT2D eigenvalue weighted by Gasteiger charge is 2.33. The molecular formula is C18H24N2O8. The summed E-state index contributed by atoms with van der Waals surface area (Å²) in [7, 11) is 0. The number of aromatic carboxylic acids is 1. The number of nitrogens with zero attached hydrogens (tertiary/aromatic N) is 2. The molecule has 28 heavy (non-hydrogen) atoms. The summed E-state index contributed by atoms with van der Waals surface area (Å²) in [6.07, 6.45) is -2.14. The van der Waals surface area contributed by atoms with Crippen LogP contribution in [0, 0.1) is 10.1 Å². The lowest BCUT2D eigenvalue weighted by Gasteiger charge is -2.28. The maximum atomic E-state index is 12.5. The van der Waals surface area contributed by atoms with Gasteiger partial charge in [-0.2, -0.15) is 0 Å². The highest BCUT2D eigenvalue weighted by Crippen LogP contribution is 2.24. The van der Waals surface area contributed by atoms with Crippen molar-refractivity contribution in [3.05, 3.63) is 39.4 Å². The first-order chi connectivity index (χ1) is 12.6.